The summed E-state index contributed by atoms with van der Waals surface area (Å²) in [7, 11) is 3.50. The molecule has 0 fully saturated rings. The molecule has 5 nitrogen and oxygen atoms in total. The summed E-state index contributed by atoms with van der Waals surface area (Å²) in [6.07, 6.45) is 1.84. The van der Waals surface area contributed by atoms with Crippen LogP contribution in [0.25, 0.3) is 21.7 Å². The third kappa shape index (κ3) is 2.38. The second-order valence-corrected chi connectivity index (χ2v) is 5.94. The summed E-state index contributed by atoms with van der Waals surface area (Å²) in [5, 5.41) is 5.55. The fourth-order valence-electron chi connectivity index (χ4n) is 2.22. The smallest absolute Gasteiger partial charge is 0.129 e. The molecule has 0 bridgehead atoms. The van der Waals surface area contributed by atoms with Crippen LogP contribution in [0.3, 0.4) is 0 Å². The molecule has 2 aromatic heterocycles. The molecular formula is C15H16N4OS. The topological polar surface area (TPSA) is 66.0 Å². The fraction of sp³-hybridized carbons (Fsp3) is 0.200. The van der Waals surface area contributed by atoms with Crippen molar-refractivity contribution >= 4 is 17.2 Å². The number of anilines is 1. The van der Waals surface area contributed by atoms with Crippen LogP contribution in [0.1, 0.15) is 5.01 Å². The molecule has 0 spiro atoms. The number of ether oxygens (including phenoxy) is 1. The van der Waals surface area contributed by atoms with E-state index in [4.69, 9.17) is 10.5 Å². The largest absolute Gasteiger partial charge is 0.497 e. The van der Waals surface area contributed by atoms with Crippen molar-refractivity contribution < 1.29 is 4.74 Å². The van der Waals surface area contributed by atoms with E-state index < -0.39 is 0 Å². The number of methoxy groups -OCH3 is 1. The quantitative estimate of drug-likeness (QED) is 0.807. The zero-order valence-corrected chi connectivity index (χ0v) is 12.9. The molecule has 3 rings (SSSR count). The minimum atomic E-state index is 0.640. The van der Waals surface area contributed by atoms with Gasteiger partial charge in [-0.3, -0.25) is 4.68 Å². The number of hydrogen-bond donors (Lipinski definition) is 1. The number of aromatic nitrogens is 3. The third-order valence-corrected chi connectivity index (χ3v) is 4.24. The molecule has 0 radical (unpaired) electrons. The summed E-state index contributed by atoms with van der Waals surface area (Å²) >= 11 is 1.61. The van der Waals surface area contributed by atoms with Crippen LogP contribution >= 0.6 is 11.3 Å². The molecule has 0 unspecified atom stereocenters. The zero-order valence-electron chi connectivity index (χ0n) is 12.1. The van der Waals surface area contributed by atoms with E-state index >= 15 is 0 Å². The van der Waals surface area contributed by atoms with Crippen LogP contribution < -0.4 is 10.5 Å². The Morgan fingerprint density at radius 2 is 1.95 bits per heavy atom. The molecule has 1 aromatic carbocycles. The Labute approximate surface area is 127 Å². The van der Waals surface area contributed by atoms with E-state index in [0.29, 0.717) is 5.82 Å². The first-order chi connectivity index (χ1) is 10.1. The first-order valence-corrected chi connectivity index (χ1v) is 7.31. The van der Waals surface area contributed by atoms with Crippen molar-refractivity contribution in [2.24, 2.45) is 7.05 Å². The summed E-state index contributed by atoms with van der Waals surface area (Å²) in [5.74, 6) is 1.46. The van der Waals surface area contributed by atoms with Crippen LogP contribution in [0, 0.1) is 6.92 Å². The highest BCUT2D eigenvalue weighted by atomic mass is 32.1. The Morgan fingerprint density at radius 1 is 1.24 bits per heavy atom. The Kier molecular flexibility index (Phi) is 3.39. The molecule has 0 aliphatic rings. The van der Waals surface area contributed by atoms with Gasteiger partial charge in [-0.2, -0.15) is 5.10 Å². The van der Waals surface area contributed by atoms with Crippen molar-refractivity contribution in [3.05, 3.63) is 35.5 Å². The number of nitrogens with two attached hydrogens (primary N) is 1. The molecule has 0 amide bonds. The maximum absolute atomic E-state index is 6.20. The standard InChI is InChI=1S/C15H16N4OS/c1-9-17-8-12(21-9)14-13(15(16)19(2)18-14)10-4-6-11(20-3)7-5-10/h4-8H,16H2,1-3H3. The van der Waals surface area contributed by atoms with Crippen molar-refractivity contribution in [3.8, 4) is 27.4 Å². The number of benzene rings is 1. The molecule has 0 saturated carbocycles. The van der Waals surface area contributed by atoms with Crippen molar-refractivity contribution in [2.45, 2.75) is 6.92 Å². The second-order valence-electron chi connectivity index (χ2n) is 4.70. The second kappa shape index (κ2) is 5.21. The van der Waals surface area contributed by atoms with Gasteiger partial charge in [0.05, 0.1) is 22.6 Å². The van der Waals surface area contributed by atoms with E-state index in [2.05, 4.69) is 10.1 Å². The van der Waals surface area contributed by atoms with Gasteiger partial charge >= 0.3 is 0 Å². The minimum Gasteiger partial charge on any atom is -0.497 e. The molecule has 0 atom stereocenters. The van der Waals surface area contributed by atoms with Gasteiger partial charge in [0, 0.05) is 13.2 Å². The minimum absolute atomic E-state index is 0.640. The van der Waals surface area contributed by atoms with Crippen LogP contribution in [0.5, 0.6) is 5.75 Å². The average molecular weight is 300 g/mol. The Balaban J connectivity index is 2.16. The van der Waals surface area contributed by atoms with Gasteiger partial charge in [0.2, 0.25) is 0 Å². The zero-order chi connectivity index (χ0) is 15.0. The molecule has 0 aliphatic carbocycles. The van der Waals surface area contributed by atoms with E-state index in [1.54, 1.807) is 23.1 Å². The van der Waals surface area contributed by atoms with Crippen molar-refractivity contribution in [2.75, 3.05) is 12.8 Å². The highest BCUT2D eigenvalue weighted by Gasteiger charge is 2.18. The third-order valence-electron chi connectivity index (χ3n) is 3.32. The van der Waals surface area contributed by atoms with Crippen molar-refractivity contribution in [1.82, 2.24) is 14.8 Å². The number of thiazole rings is 1. The Hall–Kier alpha value is -2.34. The summed E-state index contributed by atoms with van der Waals surface area (Å²) in [6.45, 7) is 1.98. The number of nitrogen functional groups attached to an aromatic ring is 1. The van der Waals surface area contributed by atoms with Crippen LogP contribution in [0.15, 0.2) is 30.5 Å². The molecule has 21 heavy (non-hydrogen) atoms. The monoisotopic (exact) mass is 300 g/mol. The number of aryl methyl sites for hydroxylation is 2. The molecule has 3 aromatic rings. The lowest BCUT2D eigenvalue weighted by molar-refractivity contribution is 0.415. The van der Waals surface area contributed by atoms with Crippen molar-refractivity contribution in [3.63, 3.8) is 0 Å². The van der Waals surface area contributed by atoms with E-state index in [1.165, 1.54) is 0 Å². The van der Waals surface area contributed by atoms with Gasteiger partial charge in [-0.15, -0.1) is 11.3 Å². The summed E-state index contributed by atoms with van der Waals surface area (Å²) in [5.41, 5.74) is 9.02. The van der Waals surface area contributed by atoms with E-state index in [1.807, 2.05) is 44.4 Å². The number of hydrogen-bond acceptors (Lipinski definition) is 5. The van der Waals surface area contributed by atoms with Gasteiger partial charge in [-0.25, -0.2) is 4.98 Å². The highest BCUT2D eigenvalue weighted by molar-refractivity contribution is 7.15. The molecule has 6 heteroatoms. The van der Waals surface area contributed by atoms with Crippen LogP contribution in [0.2, 0.25) is 0 Å². The predicted octanol–water partition coefficient (Wildman–Crippen LogP) is 3.11. The lowest BCUT2D eigenvalue weighted by atomic mass is 10.0. The maximum Gasteiger partial charge on any atom is 0.129 e. The van der Waals surface area contributed by atoms with Crippen molar-refractivity contribution in [1.29, 1.82) is 0 Å². The Bertz CT molecular complexity index is 774. The van der Waals surface area contributed by atoms with Gasteiger partial charge in [0.25, 0.3) is 0 Å². The lowest BCUT2D eigenvalue weighted by Gasteiger charge is -2.05. The summed E-state index contributed by atoms with van der Waals surface area (Å²) in [4.78, 5) is 5.32. The maximum atomic E-state index is 6.20. The molecule has 0 saturated heterocycles. The van der Waals surface area contributed by atoms with Gasteiger partial charge in [0.1, 0.15) is 17.3 Å². The fourth-order valence-corrected chi connectivity index (χ4v) is 2.99. The van der Waals surface area contributed by atoms with E-state index in [0.717, 1.165) is 32.5 Å². The van der Waals surface area contributed by atoms with Crippen LogP contribution in [-0.4, -0.2) is 21.9 Å². The molecular weight excluding hydrogens is 284 g/mol. The van der Waals surface area contributed by atoms with E-state index in [9.17, 15) is 0 Å². The predicted molar refractivity (Wildman–Crippen MR) is 85.5 cm³/mol. The molecule has 108 valence electrons. The van der Waals surface area contributed by atoms with Gasteiger partial charge < -0.3 is 10.5 Å². The number of nitrogens with zero attached hydrogens (tertiary/aromatic N) is 3. The van der Waals surface area contributed by atoms with Gasteiger partial charge in [-0.05, 0) is 24.6 Å². The van der Waals surface area contributed by atoms with E-state index in [-0.39, 0.29) is 0 Å². The summed E-state index contributed by atoms with van der Waals surface area (Å²) < 4.78 is 6.90. The Morgan fingerprint density at radius 3 is 2.52 bits per heavy atom. The average Bonchev–Trinajstić information content (AvgIpc) is 3.04. The number of rotatable bonds is 3. The molecule has 2 heterocycles. The highest BCUT2D eigenvalue weighted by Crippen LogP contribution is 2.38. The van der Waals surface area contributed by atoms with Crippen LogP contribution in [0.4, 0.5) is 5.82 Å². The lowest BCUT2D eigenvalue weighted by Crippen LogP contribution is -1.98. The van der Waals surface area contributed by atoms with Crippen LogP contribution in [-0.2, 0) is 7.05 Å². The van der Waals surface area contributed by atoms with Gasteiger partial charge in [0.15, 0.2) is 0 Å². The first-order valence-electron chi connectivity index (χ1n) is 6.50. The molecule has 0 aliphatic heterocycles. The summed E-state index contributed by atoms with van der Waals surface area (Å²) in [6, 6.07) is 7.82. The SMILES string of the molecule is COc1ccc(-c2c(-c3cnc(C)s3)nn(C)c2N)cc1. The molecule has 2 N–H and O–H groups in total. The normalized spacial score (nSPS) is 10.8. The van der Waals surface area contributed by atoms with Gasteiger partial charge in [-0.1, -0.05) is 12.1 Å². The first kappa shape index (κ1) is 13.6.